The minimum absolute atomic E-state index is 0.244. The first-order valence-corrected chi connectivity index (χ1v) is 6.49. The number of benzene rings is 1. The lowest BCUT2D eigenvalue weighted by molar-refractivity contribution is -0.147. The van der Waals surface area contributed by atoms with Gasteiger partial charge in [-0.2, -0.15) is 0 Å². The van der Waals surface area contributed by atoms with Crippen LogP contribution >= 0.6 is 0 Å². The summed E-state index contributed by atoms with van der Waals surface area (Å²) in [5, 5.41) is 20.9. The van der Waals surface area contributed by atoms with Crippen LogP contribution in [0.1, 0.15) is 25.0 Å². The van der Waals surface area contributed by atoms with Crippen molar-refractivity contribution >= 4 is 16.9 Å². The maximum atomic E-state index is 11.3. The van der Waals surface area contributed by atoms with E-state index in [-0.39, 0.29) is 13.0 Å². The largest absolute Gasteiger partial charge is 0.466 e. The molecule has 1 heterocycles. The lowest BCUT2D eigenvalue weighted by Crippen LogP contribution is -2.23. The predicted octanol–water partition coefficient (Wildman–Crippen LogP) is 1.58. The number of carbonyl (C=O) groups excluding carboxylic acids is 1. The van der Waals surface area contributed by atoms with Gasteiger partial charge in [-0.15, -0.1) is 0 Å². The van der Waals surface area contributed by atoms with Gasteiger partial charge in [0.25, 0.3) is 0 Å². The third kappa shape index (κ3) is 3.12. The fourth-order valence-corrected chi connectivity index (χ4v) is 2.09. The van der Waals surface area contributed by atoms with Crippen LogP contribution in [0.5, 0.6) is 0 Å². The minimum Gasteiger partial charge on any atom is -0.466 e. The molecule has 0 radical (unpaired) electrons. The van der Waals surface area contributed by atoms with Crippen LogP contribution in [-0.2, 0) is 9.53 Å². The molecular weight excluding hydrogens is 258 g/mol. The Morgan fingerprint density at radius 1 is 1.30 bits per heavy atom. The van der Waals surface area contributed by atoms with E-state index in [1.807, 2.05) is 12.1 Å². The number of fused-ring (bicyclic) bond motifs is 1. The smallest absolute Gasteiger partial charge is 0.308 e. The Bertz CT molecular complexity index is 594. The maximum Gasteiger partial charge on any atom is 0.308 e. The lowest BCUT2D eigenvalue weighted by Gasteiger charge is -2.18. The van der Waals surface area contributed by atoms with E-state index in [2.05, 4.69) is 4.98 Å². The van der Waals surface area contributed by atoms with Gasteiger partial charge < -0.3 is 14.9 Å². The van der Waals surface area contributed by atoms with Crippen LogP contribution in [0.2, 0.25) is 0 Å². The van der Waals surface area contributed by atoms with E-state index in [9.17, 15) is 15.0 Å². The number of pyridine rings is 1. The predicted molar refractivity (Wildman–Crippen MR) is 74.0 cm³/mol. The van der Waals surface area contributed by atoms with Gasteiger partial charge in [0.15, 0.2) is 0 Å². The highest BCUT2D eigenvalue weighted by atomic mass is 16.5. The molecule has 0 aliphatic rings. The molecular formula is C15H17NO4. The van der Waals surface area contributed by atoms with E-state index in [0.29, 0.717) is 5.56 Å². The molecule has 0 spiro atoms. The zero-order valence-corrected chi connectivity index (χ0v) is 11.2. The molecule has 106 valence electrons. The first kappa shape index (κ1) is 14.4. The zero-order valence-electron chi connectivity index (χ0n) is 11.2. The Morgan fingerprint density at radius 2 is 2.10 bits per heavy atom. The second-order valence-corrected chi connectivity index (χ2v) is 4.44. The van der Waals surface area contributed by atoms with Crippen LogP contribution in [-0.4, -0.2) is 33.9 Å². The van der Waals surface area contributed by atoms with Gasteiger partial charge in [-0.25, -0.2) is 0 Å². The second kappa shape index (κ2) is 6.45. The van der Waals surface area contributed by atoms with Crippen molar-refractivity contribution in [1.82, 2.24) is 4.98 Å². The van der Waals surface area contributed by atoms with Crippen LogP contribution in [0.3, 0.4) is 0 Å². The molecule has 2 rings (SSSR count). The quantitative estimate of drug-likeness (QED) is 0.810. The lowest BCUT2D eigenvalue weighted by atomic mass is 9.98. The van der Waals surface area contributed by atoms with Crippen molar-refractivity contribution in [2.45, 2.75) is 25.6 Å². The van der Waals surface area contributed by atoms with Gasteiger partial charge in [0.1, 0.15) is 6.10 Å². The highest BCUT2D eigenvalue weighted by Gasteiger charge is 2.23. The highest BCUT2D eigenvalue weighted by molar-refractivity contribution is 5.82. The summed E-state index contributed by atoms with van der Waals surface area (Å²) in [5.74, 6) is -0.530. The first-order chi connectivity index (χ1) is 9.63. The Balaban J connectivity index is 2.22. The van der Waals surface area contributed by atoms with Gasteiger partial charge in [0.05, 0.1) is 24.6 Å². The molecule has 20 heavy (non-hydrogen) atoms. The Hall–Kier alpha value is -1.98. The van der Waals surface area contributed by atoms with Gasteiger partial charge in [-0.1, -0.05) is 18.2 Å². The molecule has 5 heteroatoms. The van der Waals surface area contributed by atoms with Gasteiger partial charge >= 0.3 is 5.97 Å². The van der Waals surface area contributed by atoms with E-state index in [1.54, 1.807) is 31.3 Å². The minimum atomic E-state index is -1.21. The van der Waals surface area contributed by atoms with Crippen molar-refractivity contribution in [1.29, 1.82) is 0 Å². The Morgan fingerprint density at radius 3 is 2.85 bits per heavy atom. The molecule has 2 atom stereocenters. The normalized spacial score (nSPS) is 13.9. The van der Waals surface area contributed by atoms with Crippen molar-refractivity contribution in [3.05, 3.63) is 42.1 Å². The van der Waals surface area contributed by atoms with Gasteiger partial charge in [-0.05, 0) is 24.6 Å². The van der Waals surface area contributed by atoms with Crippen molar-refractivity contribution in [3.8, 4) is 0 Å². The van der Waals surface area contributed by atoms with Crippen molar-refractivity contribution in [3.63, 3.8) is 0 Å². The third-order valence-corrected chi connectivity index (χ3v) is 3.04. The molecule has 0 saturated heterocycles. The number of carbonyl (C=O) groups is 1. The number of aliphatic hydroxyl groups is 2. The Kier molecular flexibility index (Phi) is 4.65. The fraction of sp³-hybridized carbons (Fsp3) is 0.333. The van der Waals surface area contributed by atoms with Crippen LogP contribution in [0.25, 0.3) is 10.9 Å². The number of hydrogen-bond donors (Lipinski definition) is 2. The zero-order chi connectivity index (χ0) is 14.5. The standard InChI is InChI=1S/C15H17NO4/c1-2-20-14(18)9-13(17)15(19)11-5-3-7-12-10(11)6-4-8-16-12/h3-8,13,15,17,19H,2,9H2,1H3. The van der Waals surface area contributed by atoms with E-state index >= 15 is 0 Å². The van der Waals surface area contributed by atoms with Crippen molar-refractivity contribution < 1.29 is 19.7 Å². The molecule has 0 amide bonds. The highest BCUT2D eigenvalue weighted by Crippen LogP contribution is 2.26. The molecule has 0 aliphatic carbocycles. The molecule has 0 bridgehead atoms. The van der Waals surface area contributed by atoms with Gasteiger partial charge in [-0.3, -0.25) is 9.78 Å². The Labute approximate surface area is 116 Å². The molecule has 5 nitrogen and oxygen atoms in total. The summed E-state index contributed by atoms with van der Waals surface area (Å²) in [6.45, 7) is 1.94. The summed E-state index contributed by atoms with van der Waals surface area (Å²) >= 11 is 0. The number of hydrogen-bond acceptors (Lipinski definition) is 5. The average Bonchev–Trinajstić information content (AvgIpc) is 2.46. The van der Waals surface area contributed by atoms with E-state index in [4.69, 9.17) is 4.74 Å². The molecule has 1 aromatic heterocycles. The monoisotopic (exact) mass is 275 g/mol. The fourth-order valence-electron chi connectivity index (χ4n) is 2.09. The summed E-state index contributed by atoms with van der Waals surface area (Å²) < 4.78 is 4.76. The first-order valence-electron chi connectivity index (χ1n) is 6.49. The van der Waals surface area contributed by atoms with Crippen LogP contribution < -0.4 is 0 Å². The van der Waals surface area contributed by atoms with Crippen molar-refractivity contribution in [2.24, 2.45) is 0 Å². The molecule has 2 unspecified atom stereocenters. The van der Waals surface area contributed by atoms with E-state index < -0.39 is 18.2 Å². The number of nitrogens with zero attached hydrogens (tertiary/aromatic N) is 1. The number of rotatable bonds is 5. The van der Waals surface area contributed by atoms with E-state index in [0.717, 1.165) is 10.9 Å². The third-order valence-electron chi connectivity index (χ3n) is 3.04. The van der Waals surface area contributed by atoms with Crippen LogP contribution in [0.4, 0.5) is 0 Å². The summed E-state index contributed by atoms with van der Waals surface area (Å²) in [4.78, 5) is 15.5. The maximum absolute atomic E-state index is 11.3. The summed E-state index contributed by atoms with van der Waals surface area (Å²) in [6.07, 6.45) is -0.953. The summed E-state index contributed by atoms with van der Waals surface area (Å²) in [5.41, 5.74) is 1.28. The van der Waals surface area contributed by atoms with E-state index in [1.165, 1.54) is 0 Å². The van der Waals surface area contributed by atoms with Crippen LogP contribution in [0, 0.1) is 0 Å². The van der Waals surface area contributed by atoms with Gasteiger partial charge in [0.2, 0.25) is 0 Å². The van der Waals surface area contributed by atoms with Gasteiger partial charge in [0, 0.05) is 11.6 Å². The summed E-state index contributed by atoms with van der Waals surface area (Å²) in [6, 6.07) is 8.87. The number of ether oxygens (including phenoxy) is 1. The topological polar surface area (TPSA) is 79.7 Å². The number of aromatic nitrogens is 1. The average molecular weight is 275 g/mol. The second-order valence-electron chi connectivity index (χ2n) is 4.44. The molecule has 0 aliphatic heterocycles. The molecule has 0 fully saturated rings. The molecule has 0 saturated carbocycles. The number of esters is 1. The van der Waals surface area contributed by atoms with Crippen molar-refractivity contribution in [2.75, 3.05) is 6.61 Å². The number of aliphatic hydroxyl groups excluding tert-OH is 2. The SMILES string of the molecule is CCOC(=O)CC(O)C(O)c1cccc2ncccc12. The van der Waals surface area contributed by atoms with Crippen LogP contribution in [0.15, 0.2) is 36.5 Å². The molecule has 2 N–H and O–H groups in total. The summed E-state index contributed by atoms with van der Waals surface area (Å²) in [7, 11) is 0. The molecule has 1 aromatic carbocycles. The molecule has 2 aromatic rings.